The Hall–Kier alpha value is -0.570. The Balaban J connectivity index is 0. The van der Waals surface area contributed by atoms with E-state index in [4.69, 9.17) is 5.11 Å². The second kappa shape index (κ2) is 37.4. The highest BCUT2D eigenvalue weighted by molar-refractivity contribution is 5.66. The third-order valence-corrected chi connectivity index (χ3v) is 8.03. The molecule has 1 unspecified atom stereocenters. The van der Waals surface area contributed by atoms with E-state index in [1.807, 2.05) is 0 Å². The van der Waals surface area contributed by atoms with Crippen LogP contribution in [-0.4, -0.2) is 22.3 Å². The van der Waals surface area contributed by atoms with Crippen LogP contribution in [0.25, 0.3) is 0 Å². The summed E-state index contributed by atoms with van der Waals surface area (Å²) in [6.45, 7) is 6.81. The van der Waals surface area contributed by atoms with Gasteiger partial charge in [0.1, 0.15) is 0 Å². The molecule has 0 spiro atoms. The first-order valence-electron chi connectivity index (χ1n) is 18.0. The van der Waals surface area contributed by atoms with Crippen LogP contribution in [0, 0.1) is 0 Å². The van der Waals surface area contributed by atoms with E-state index in [2.05, 4.69) is 20.8 Å². The molecule has 236 valence electrons. The molecule has 0 fully saturated rings. The monoisotopic (exact) mass is 555 g/mol. The van der Waals surface area contributed by atoms with Crippen molar-refractivity contribution in [1.29, 1.82) is 0 Å². The van der Waals surface area contributed by atoms with E-state index < -0.39 is 5.97 Å². The van der Waals surface area contributed by atoms with Crippen molar-refractivity contribution in [2.45, 2.75) is 226 Å². The molecule has 0 amide bonds. The van der Waals surface area contributed by atoms with Gasteiger partial charge in [-0.25, -0.2) is 0 Å². The van der Waals surface area contributed by atoms with Crippen molar-refractivity contribution in [1.82, 2.24) is 0 Å². The summed E-state index contributed by atoms with van der Waals surface area (Å²) in [6, 6.07) is 0. The van der Waals surface area contributed by atoms with E-state index in [9.17, 15) is 9.90 Å². The topological polar surface area (TPSA) is 57.5 Å². The average Bonchev–Trinajstić information content (AvgIpc) is 2.92. The Kier molecular flexibility index (Phi) is 38.9. The van der Waals surface area contributed by atoms with Gasteiger partial charge in [0.2, 0.25) is 0 Å². The lowest BCUT2D eigenvalue weighted by molar-refractivity contribution is -0.137. The van der Waals surface area contributed by atoms with E-state index in [1.54, 1.807) is 0 Å². The number of carboxylic acids is 1. The number of hydrogen-bond acceptors (Lipinski definition) is 2. The molecule has 0 aliphatic heterocycles. The summed E-state index contributed by atoms with van der Waals surface area (Å²) in [5.74, 6) is -0.696. The number of carbonyl (C=O) groups is 1. The Morgan fingerprint density at radius 1 is 0.410 bits per heavy atom. The number of rotatable bonds is 31. The van der Waals surface area contributed by atoms with E-state index in [0.717, 1.165) is 51.4 Å². The number of unbranched alkanes of at least 4 members (excludes halogenated alkanes) is 25. The molecule has 0 saturated carbocycles. The molecular formula is C36H74O3. The zero-order valence-electron chi connectivity index (χ0n) is 27.3. The fourth-order valence-electron chi connectivity index (χ4n) is 5.29. The fourth-order valence-corrected chi connectivity index (χ4v) is 5.29. The summed E-state index contributed by atoms with van der Waals surface area (Å²) in [5.41, 5.74) is 0. The molecule has 2 N–H and O–H groups in total. The Labute approximate surface area is 246 Å². The van der Waals surface area contributed by atoms with E-state index in [0.29, 0.717) is 6.42 Å². The van der Waals surface area contributed by atoms with Gasteiger partial charge in [0, 0.05) is 6.42 Å². The van der Waals surface area contributed by atoms with Gasteiger partial charge in [0.05, 0.1) is 6.10 Å². The first-order valence-corrected chi connectivity index (χ1v) is 18.0. The molecule has 0 heterocycles. The van der Waals surface area contributed by atoms with Crippen LogP contribution in [0.2, 0.25) is 0 Å². The molecule has 3 nitrogen and oxygen atoms in total. The molecule has 0 rings (SSSR count). The van der Waals surface area contributed by atoms with Crippen LogP contribution in [0.1, 0.15) is 220 Å². The minimum atomic E-state index is -0.696. The van der Waals surface area contributed by atoms with Gasteiger partial charge in [-0.1, -0.05) is 194 Å². The van der Waals surface area contributed by atoms with Crippen molar-refractivity contribution in [2.24, 2.45) is 0 Å². The third kappa shape index (κ3) is 42.0. The molecule has 0 aliphatic rings. The van der Waals surface area contributed by atoms with Crippen molar-refractivity contribution >= 4 is 5.97 Å². The normalized spacial score (nSPS) is 11.8. The summed E-state index contributed by atoms with van der Waals surface area (Å²) in [6.07, 6.45) is 39.8. The minimum absolute atomic E-state index is 0.124. The minimum Gasteiger partial charge on any atom is -0.481 e. The maximum atomic E-state index is 10.3. The predicted octanol–water partition coefficient (Wildman–Crippen LogP) is 12.6. The summed E-state index contributed by atoms with van der Waals surface area (Å²) in [5, 5.41) is 18.3. The number of aliphatic carboxylic acids is 1. The van der Waals surface area contributed by atoms with Gasteiger partial charge in [-0.3, -0.25) is 4.79 Å². The largest absolute Gasteiger partial charge is 0.481 e. The van der Waals surface area contributed by atoms with Crippen molar-refractivity contribution in [3.8, 4) is 0 Å². The fraction of sp³-hybridized carbons (Fsp3) is 0.972. The molecule has 0 aromatic carbocycles. The van der Waals surface area contributed by atoms with Crippen LogP contribution in [0.4, 0.5) is 0 Å². The van der Waals surface area contributed by atoms with Gasteiger partial charge >= 0.3 is 5.97 Å². The molecule has 0 aromatic heterocycles. The summed E-state index contributed by atoms with van der Waals surface area (Å²) in [7, 11) is 0. The van der Waals surface area contributed by atoms with Gasteiger partial charge in [-0.05, 0) is 19.3 Å². The van der Waals surface area contributed by atoms with Crippen molar-refractivity contribution in [3.63, 3.8) is 0 Å². The standard InChI is InChI=1S/C20H42.C16H32O3/c1-3-5-7-9-11-13-15-17-19-20-18-16-14-12-10-8-6-4-2;1-2-3-4-6-9-12-15(17)13-10-7-5-8-11-14-16(18)19/h3-20H2,1-2H3;15,17H,2-14H2,1H3,(H,18,19). The van der Waals surface area contributed by atoms with Crippen LogP contribution in [0.5, 0.6) is 0 Å². The lowest BCUT2D eigenvalue weighted by Gasteiger charge is -2.10. The van der Waals surface area contributed by atoms with Crippen LogP contribution in [0.3, 0.4) is 0 Å². The smallest absolute Gasteiger partial charge is 0.303 e. The molecular weight excluding hydrogens is 480 g/mol. The summed E-state index contributed by atoms with van der Waals surface area (Å²) in [4.78, 5) is 10.3. The third-order valence-electron chi connectivity index (χ3n) is 8.03. The highest BCUT2D eigenvalue weighted by atomic mass is 16.4. The summed E-state index contributed by atoms with van der Waals surface area (Å²) >= 11 is 0. The number of hydrogen-bond donors (Lipinski definition) is 2. The molecule has 39 heavy (non-hydrogen) atoms. The predicted molar refractivity (Wildman–Crippen MR) is 174 cm³/mol. The highest BCUT2D eigenvalue weighted by Crippen LogP contribution is 2.15. The van der Waals surface area contributed by atoms with Crippen LogP contribution < -0.4 is 0 Å². The SMILES string of the molecule is CCCCCCCC(O)CCCCCCCC(=O)O.CCCCCCCCCCCCCCCCCCCC. The molecule has 0 saturated heterocycles. The maximum absolute atomic E-state index is 10.3. The Morgan fingerprint density at radius 3 is 0.897 bits per heavy atom. The molecule has 0 bridgehead atoms. The van der Waals surface area contributed by atoms with Gasteiger partial charge < -0.3 is 10.2 Å². The Bertz CT molecular complexity index is 419. The number of aliphatic hydroxyl groups is 1. The van der Waals surface area contributed by atoms with Crippen molar-refractivity contribution in [3.05, 3.63) is 0 Å². The zero-order valence-corrected chi connectivity index (χ0v) is 27.3. The van der Waals surface area contributed by atoms with Gasteiger partial charge in [-0.2, -0.15) is 0 Å². The molecule has 0 aliphatic carbocycles. The van der Waals surface area contributed by atoms with Crippen LogP contribution in [-0.2, 0) is 4.79 Å². The van der Waals surface area contributed by atoms with E-state index in [1.165, 1.54) is 141 Å². The second-order valence-electron chi connectivity index (χ2n) is 12.2. The first kappa shape index (κ1) is 40.6. The lowest BCUT2D eigenvalue weighted by Crippen LogP contribution is -2.05. The molecule has 3 heteroatoms. The number of aliphatic hydroxyl groups excluding tert-OH is 1. The van der Waals surface area contributed by atoms with Gasteiger partial charge in [0.25, 0.3) is 0 Å². The van der Waals surface area contributed by atoms with Crippen molar-refractivity contribution in [2.75, 3.05) is 0 Å². The first-order chi connectivity index (χ1) is 19.1. The lowest BCUT2D eigenvalue weighted by atomic mass is 10.0. The number of carboxylic acid groups (broad SMARTS) is 1. The highest BCUT2D eigenvalue weighted by Gasteiger charge is 2.04. The molecule has 0 radical (unpaired) electrons. The van der Waals surface area contributed by atoms with E-state index >= 15 is 0 Å². The maximum Gasteiger partial charge on any atom is 0.303 e. The van der Waals surface area contributed by atoms with Crippen molar-refractivity contribution < 1.29 is 15.0 Å². The van der Waals surface area contributed by atoms with Gasteiger partial charge in [-0.15, -0.1) is 0 Å². The summed E-state index contributed by atoms with van der Waals surface area (Å²) < 4.78 is 0. The zero-order chi connectivity index (χ0) is 29.1. The van der Waals surface area contributed by atoms with E-state index in [-0.39, 0.29) is 6.10 Å². The quantitative estimate of drug-likeness (QED) is 0.0838. The van der Waals surface area contributed by atoms with Crippen LogP contribution in [0.15, 0.2) is 0 Å². The van der Waals surface area contributed by atoms with Gasteiger partial charge in [0.15, 0.2) is 0 Å². The average molecular weight is 555 g/mol. The molecule has 1 atom stereocenters. The Morgan fingerprint density at radius 2 is 0.641 bits per heavy atom. The second-order valence-corrected chi connectivity index (χ2v) is 12.2. The molecule has 0 aromatic rings. The van der Waals surface area contributed by atoms with Crippen LogP contribution >= 0.6 is 0 Å².